The highest BCUT2D eigenvalue weighted by atomic mass is 16.3. The number of benzene rings is 2. The Bertz CT molecular complexity index is 1350. The minimum atomic E-state index is -0.245. The molecule has 1 aliphatic rings. The third-order valence-electron chi connectivity index (χ3n) is 7.02. The first-order chi connectivity index (χ1) is 19.1. The summed E-state index contributed by atoms with van der Waals surface area (Å²) in [6, 6.07) is 25.9. The average molecular weight is 524 g/mol. The van der Waals surface area contributed by atoms with Gasteiger partial charge in [-0.05, 0) is 41.8 Å². The van der Waals surface area contributed by atoms with Crippen molar-refractivity contribution < 1.29 is 14.0 Å². The highest BCUT2D eigenvalue weighted by Crippen LogP contribution is 2.24. The lowest BCUT2D eigenvalue weighted by Crippen LogP contribution is -2.52. The number of amides is 2. The van der Waals surface area contributed by atoms with Gasteiger partial charge in [-0.1, -0.05) is 67.9 Å². The van der Waals surface area contributed by atoms with Crippen LogP contribution in [0.4, 0.5) is 5.82 Å². The minimum absolute atomic E-state index is 0.0500. The van der Waals surface area contributed by atoms with Crippen molar-refractivity contribution in [2.24, 2.45) is 0 Å². The number of piperazine rings is 1. The molecule has 0 atom stereocenters. The smallest absolute Gasteiger partial charge is 0.290 e. The van der Waals surface area contributed by atoms with Crippen molar-refractivity contribution in [2.75, 3.05) is 44.2 Å². The molecular weight excluding hydrogens is 490 g/mol. The van der Waals surface area contributed by atoms with E-state index < -0.39 is 0 Å². The zero-order valence-corrected chi connectivity index (χ0v) is 22.2. The van der Waals surface area contributed by atoms with E-state index >= 15 is 0 Å². The van der Waals surface area contributed by atoms with E-state index in [4.69, 9.17) is 4.42 Å². The fourth-order valence-corrected chi connectivity index (χ4v) is 4.72. The van der Waals surface area contributed by atoms with Crippen LogP contribution in [-0.2, 0) is 4.79 Å². The monoisotopic (exact) mass is 523 g/mol. The van der Waals surface area contributed by atoms with Crippen LogP contribution in [0.25, 0.3) is 22.4 Å². The lowest BCUT2D eigenvalue weighted by Gasteiger charge is -2.36. The van der Waals surface area contributed by atoms with Gasteiger partial charge in [0.05, 0.1) is 12.0 Å². The Hall–Kier alpha value is -4.46. The summed E-state index contributed by atoms with van der Waals surface area (Å²) in [7, 11) is 0. The van der Waals surface area contributed by atoms with Crippen molar-refractivity contribution in [3.05, 3.63) is 90.9 Å². The normalized spacial score (nSPS) is 13.4. The van der Waals surface area contributed by atoms with Crippen LogP contribution in [0.5, 0.6) is 0 Å². The van der Waals surface area contributed by atoms with Gasteiger partial charge >= 0.3 is 0 Å². The van der Waals surface area contributed by atoms with Crippen LogP contribution in [0.1, 0.15) is 30.3 Å². The molecule has 2 amide bonds. The number of furan rings is 1. The highest BCUT2D eigenvalue weighted by Gasteiger charge is 2.26. The summed E-state index contributed by atoms with van der Waals surface area (Å²) in [5.41, 5.74) is 4.18. The molecule has 8 heteroatoms. The van der Waals surface area contributed by atoms with Crippen LogP contribution in [0.3, 0.4) is 0 Å². The van der Waals surface area contributed by atoms with E-state index in [1.807, 2.05) is 35.2 Å². The summed E-state index contributed by atoms with van der Waals surface area (Å²) >= 11 is 0. The predicted octanol–water partition coefficient (Wildman–Crippen LogP) is 4.99. The summed E-state index contributed by atoms with van der Waals surface area (Å²) in [6.07, 6.45) is 3.25. The van der Waals surface area contributed by atoms with Gasteiger partial charge in [0.25, 0.3) is 5.91 Å². The minimum Gasteiger partial charge on any atom is -0.459 e. The van der Waals surface area contributed by atoms with Gasteiger partial charge < -0.3 is 19.1 Å². The van der Waals surface area contributed by atoms with Gasteiger partial charge in [0.2, 0.25) is 5.91 Å². The van der Waals surface area contributed by atoms with Gasteiger partial charge in [0, 0.05) is 38.3 Å². The maximum Gasteiger partial charge on any atom is 0.290 e. The van der Waals surface area contributed by atoms with Gasteiger partial charge in [-0.2, -0.15) is 0 Å². The number of unbranched alkanes of at least 4 members (excludes halogenated alkanes) is 1. The van der Waals surface area contributed by atoms with E-state index in [9.17, 15) is 9.59 Å². The molecule has 5 rings (SSSR count). The van der Waals surface area contributed by atoms with Gasteiger partial charge in [0.1, 0.15) is 6.54 Å². The van der Waals surface area contributed by atoms with Crippen molar-refractivity contribution in [3.8, 4) is 22.4 Å². The molecule has 1 saturated heterocycles. The van der Waals surface area contributed by atoms with Crippen molar-refractivity contribution in [1.29, 1.82) is 0 Å². The fourth-order valence-electron chi connectivity index (χ4n) is 4.72. The Morgan fingerprint density at radius 1 is 0.821 bits per heavy atom. The first-order valence-electron chi connectivity index (χ1n) is 13.5. The molecule has 2 aromatic heterocycles. The van der Waals surface area contributed by atoms with E-state index in [0.717, 1.165) is 35.5 Å². The van der Waals surface area contributed by atoms with Crippen LogP contribution >= 0.6 is 0 Å². The van der Waals surface area contributed by atoms with E-state index in [1.54, 1.807) is 17.0 Å². The molecule has 0 spiro atoms. The van der Waals surface area contributed by atoms with E-state index in [0.29, 0.717) is 32.7 Å². The van der Waals surface area contributed by atoms with Gasteiger partial charge in [-0.15, -0.1) is 10.2 Å². The maximum absolute atomic E-state index is 13.1. The second-order valence-corrected chi connectivity index (χ2v) is 9.65. The van der Waals surface area contributed by atoms with E-state index in [2.05, 4.69) is 58.4 Å². The molecule has 1 fully saturated rings. The molecular formula is C31H33N5O3. The first kappa shape index (κ1) is 26.2. The summed E-state index contributed by atoms with van der Waals surface area (Å²) in [5, 5.41) is 8.94. The molecule has 39 heavy (non-hydrogen) atoms. The van der Waals surface area contributed by atoms with Crippen LogP contribution in [0, 0.1) is 0 Å². The molecule has 0 saturated carbocycles. The fraction of sp³-hybridized carbons (Fsp3) is 0.290. The van der Waals surface area contributed by atoms with Gasteiger partial charge in [0.15, 0.2) is 11.6 Å². The van der Waals surface area contributed by atoms with Crippen molar-refractivity contribution in [1.82, 2.24) is 20.0 Å². The average Bonchev–Trinajstić information content (AvgIpc) is 3.55. The second kappa shape index (κ2) is 12.4. The molecule has 1 aliphatic heterocycles. The Kier molecular flexibility index (Phi) is 8.31. The Morgan fingerprint density at radius 2 is 1.54 bits per heavy atom. The SMILES string of the molecule is CCCCN(CC(=O)N1CCN(c2ccc(-c3ccc(-c4ccccc4)cc3)nn2)CC1)C(=O)c1ccco1. The number of anilines is 1. The zero-order valence-electron chi connectivity index (χ0n) is 22.2. The van der Waals surface area contributed by atoms with Gasteiger partial charge in [-0.25, -0.2) is 0 Å². The first-order valence-corrected chi connectivity index (χ1v) is 13.5. The number of hydrogen-bond acceptors (Lipinski definition) is 6. The topological polar surface area (TPSA) is 82.8 Å². The molecule has 0 bridgehead atoms. The van der Waals surface area contributed by atoms with Crippen molar-refractivity contribution in [2.45, 2.75) is 19.8 Å². The summed E-state index contributed by atoms with van der Waals surface area (Å²) in [4.78, 5) is 31.4. The van der Waals surface area contributed by atoms with Crippen LogP contribution in [0.15, 0.2) is 89.5 Å². The van der Waals surface area contributed by atoms with E-state index in [-0.39, 0.29) is 24.1 Å². The van der Waals surface area contributed by atoms with E-state index in [1.165, 1.54) is 11.8 Å². The number of carbonyl (C=O) groups is 2. The number of carbonyl (C=O) groups excluding carboxylic acids is 2. The molecule has 3 heterocycles. The highest BCUT2D eigenvalue weighted by molar-refractivity contribution is 5.94. The maximum atomic E-state index is 13.1. The molecule has 0 unspecified atom stereocenters. The Labute approximate surface area is 228 Å². The molecule has 4 aromatic rings. The van der Waals surface area contributed by atoms with Crippen LogP contribution < -0.4 is 4.90 Å². The number of nitrogens with zero attached hydrogens (tertiary/aromatic N) is 5. The molecule has 8 nitrogen and oxygen atoms in total. The zero-order chi connectivity index (χ0) is 27.0. The Balaban J connectivity index is 1.16. The molecule has 0 N–H and O–H groups in total. The van der Waals surface area contributed by atoms with Crippen LogP contribution in [-0.4, -0.2) is 71.1 Å². The molecule has 0 radical (unpaired) electrons. The quantitative estimate of drug-likeness (QED) is 0.307. The standard InChI is InChI=1S/C31H33N5O3/c1-2-3-17-36(31(38)28-10-7-22-39-28)23-30(37)35-20-18-34(19-21-35)29-16-15-27(32-33-29)26-13-11-25(12-14-26)24-8-5-4-6-9-24/h4-16,22H,2-3,17-21,23H2,1H3. The number of hydrogen-bond donors (Lipinski definition) is 0. The summed E-state index contributed by atoms with van der Waals surface area (Å²) < 4.78 is 5.27. The second-order valence-electron chi connectivity index (χ2n) is 9.65. The third-order valence-corrected chi connectivity index (χ3v) is 7.02. The summed E-state index contributed by atoms with van der Waals surface area (Å²) in [6.45, 7) is 5.10. The van der Waals surface area contributed by atoms with Crippen molar-refractivity contribution >= 4 is 17.6 Å². The lowest BCUT2D eigenvalue weighted by molar-refractivity contribution is -0.132. The van der Waals surface area contributed by atoms with Crippen molar-refractivity contribution in [3.63, 3.8) is 0 Å². The predicted molar refractivity (Wildman–Crippen MR) is 151 cm³/mol. The molecule has 200 valence electrons. The number of aromatic nitrogens is 2. The molecule has 0 aliphatic carbocycles. The number of rotatable bonds is 9. The third kappa shape index (κ3) is 6.34. The summed E-state index contributed by atoms with van der Waals surface area (Å²) in [5.74, 6) is 0.763. The largest absolute Gasteiger partial charge is 0.459 e. The lowest BCUT2D eigenvalue weighted by atomic mass is 10.0. The molecule has 2 aromatic carbocycles. The van der Waals surface area contributed by atoms with Gasteiger partial charge in [-0.3, -0.25) is 9.59 Å². The Morgan fingerprint density at radius 3 is 2.18 bits per heavy atom. The van der Waals surface area contributed by atoms with Crippen LogP contribution in [0.2, 0.25) is 0 Å².